The van der Waals surface area contributed by atoms with Crippen LogP contribution in [0.15, 0.2) is 36.9 Å². The number of amides is 1. The lowest BCUT2D eigenvalue weighted by Crippen LogP contribution is -2.35. The second-order valence-corrected chi connectivity index (χ2v) is 4.37. The molecule has 1 amide bonds. The zero-order chi connectivity index (χ0) is 13.8. The van der Waals surface area contributed by atoms with E-state index in [4.69, 9.17) is 5.73 Å². The van der Waals surface area contributed by atoms with E-state index in [9.17, 15) is 9.18 Å². The second kappa shape index (κ2) is 5.51. The zero-order valence-electron chi connectivity index (χ0n) is 10.5. The van der Waals surface area contributed by atoms with E-state index in [1.807, 2.05) is 17.7 Å². The lowest BCUT2D eigenvalue weighted by molar-refractivity contribution is 0.0936. The summed E-state index contributed by atoms with van der Waals surface area (Å²) < 4.78 is 15.1. The minimum absolute atomic E-state index is 0.0306. The zero-order valence-corrected chi connectivity index (χ0v) is 10.5. The van der Waals surface area contributed by atoms with Crippen LogP contribution < -0.4 is 11.1 Å². The van der Waals surface area contributed by atoms with Gasteiger partial charge in [-0.3, -0.25) is 4.79 Å². The number of hydrogen-bond acceptors (Lipinski definition) is 3. The largest absolute Gasteiger partial charge is 0.396 e. The van der Waals surface area contributed by atoms with E-state index >= 15 is 0 Å². The Morgan fingerprint density at radius 1 is 1.58 bits per heavy atom. The predicted molar refractivity (Wildman–Crippen MR) is 70.0 cm³/mol. The molecule has 0 saturated heterocycles. The van der Waals surface area contributed by atoms with Crippen molar-refractivity contribution in [2.24, 2.45) is 0 Å². The molecular formula is C13H15FN4O. The molecule has 0 aliphatic heterocycles. The molecule has 0 saturated carbocycles. The minimum Gasteiger partial charge on any atom is -0.396 e. The van der Waals surface area contributed by atoms with Crippen LogP contribution in [0.5, 0.6) is 0 Å². The number of benzene rings is 1. The molecule has 0 aliphatic rings. The molecule has 3 N–H and O–H groups in total. The molecule has 1 aromatic heterocycles. The fourth-order valence-corrected chi connectivity index (χ4v) is 1.73. The van der Waals surface area contributed by atoms with Gasteiger partial charge in [0.15, 0.2) is 0 Å². The molecule has 1 unspecified atom stereocenters. The highest BCUT2D eigenvalue weighted by molar-refractivity contribution is 5.94. The number of carbonyl (C=O) groups excluding carboxylic acids is 1. The molecule has 0 fully saturated rings. The van der Waals surface area contributed by atoms with E-state index in [-0.39, 0.29) is 23.2 Å². The van der Waals surface area contributed by atoms with Crippen molar-refractivity contribution in [3.63, 3.8) is 0 Å². The monoisotopic (exact) mass is 262 g/mol. The van der Waals surface area contributed by atoms with E-state index in [0.717, 1.165) is 6.07 Å². The Kier molecular flexibility index (Phi) is 3.79. The number of nitrogen functional groups attached to an aromatic ring is 1. The van der Waals surface area contributed by atoms with Crippen molar-refractivity contribution in [3.05, 3.63) is 48.3 Å². The number of imidazole rings is 1. The molecule has 1 heterocycles. The standard InChI is InChI=1S/C13H15FN4O/c1-9(7-18-5-4-16-8-18)17-13(19)10-2-3-12(15)11(14)6-10/h2-6,8-9H,7,15H2,1H3,(H,17,19). The Hall–Kier alpha value is -2.37. The highest BCUT2D eigenvalue weighted by atomic mass is 19.1. The summed E-state index contributed by atoms with van der Waals surface area (Å²) in [5.74, 6) is -0.915. The maximum Gasteiger partial charge on any atom is 0.251 e. The Balaban J connectivity index is 1.98. The van der Waals surface area contributed by atoms with Gasteiger partial charge in [-0.2, -0.15) is 0 Å². The number of anilines is 1. The van der Waals surface area contributed by atoms with Crippen molar-refractivity contribution in [3.8, 4) is 0 Å². The van der Waals surface area contributed by atoms with Crippen molar-refractivity contribution >= 4 is 11.6 Å². The van der Waals surface area contributed by atoms with Gasteiger partial charge in [0.2, 0.25) is 0 Å². The van der Waals surface area contributed by atoms with E-state index in [1.54, 1.807) is 12.5 Å². The third-order valence-electron chi connectivity index (χ3n) is 2.68. The van der Waals surface area contributed by atoms with Crippen LogP contribution in [0.1, 0.15) is 17.3 Å². The van der Waals surface area contributed by atoms with Gasteiger partial charge in [-0.05, 0) is 25.1 Å². The number of carbonyl (C=O) groups is 1. The summed E-state index contributed by atoms with van der Waals surface area (Å²) in [5, 5.41) is 2.79. The van der Waals surface area contributed by atoms with Gasteiger partial charge in [0.05, 0.1) is 12.0 Å². The van der Waals surface area contributed by atoms with Gasteiger partial charge in [-0.1, -0.05) is 0 Å². The lowest BCUT2D eigenvalue weighted by atomic mass is 10.1. The summed E-state index contributed by atoms with van der Waals surface area (Å²) in [4.78, 5) is 15.8. The quantitative estimate of drug-likeness (QED) is 0.818. The first-order valence-electron chi connectivity index (χ1n) is 5.88. The van der Waals surface area contributed by atoms with Crippen LogP contribution in [0, 0.1) is 5.82 Å². The molecule has 19 heavy (non-hydrogen) atoms. The maximum atomic E-state index is 13.3. The van der Waals surface area contributed by atoms with Crippen LogP contribution in [0.3, 0.4) is 0 Å². The molecule has 1 atom stereocenters. The fraction of sp³-hybridized carbons (Fsp3) is 0.231. The van der Waals surface area contributed by atoms with E-state index < -0.39 is 5.82 Å². The molecule has 1 aromatic carbocycles. The van der Waals surface area contributed by atoms with Crippen LogP contribution in [-0.2, 0) is 6.54 Å². The van der Waals surface area contributed by atoms with Gasteiger partial charge in [-0.25, -0.2) is 9.37 Å². The highest BCUT2D eigenvalue weighted by Gasteiger charge is 2.11. The van der Waals surface area contributed by atoms with Crippen LogP contribution in [-0.4, -0.2) is 21.5 Å². The summed E-state index contributed by atoms with van der Waals surface area (Å²) in [6, 6.07) is 3.92. The Labute approximate surface area is 110 Å². The van der Waals surface area contributed by atoms with Gasteiger partial charge in [0.25, 0.3) is 5.91 Å². The molecule has 2 aromatic rings. The first-order valence-corrected chi connectivity index (χ1v) is 5.88. The van der Waals surface area contributed by atoms with Gasteiger partial charge in [-0.15, -0.1) is 0 Å². The Bertz CT molecular complexity index is 568. The second-order valence-electron chi connectivity index (χ2n) is 4.37. The van der Waals surface area contributed by atoms with Crippen LogP contribution in [0.4, 0.5) is 10.1 Å². The van der Waals surface area contributed by atoms with Crippen LogP contribution >= 0.6 is 0 Å². The summed E-state index contributed by atoms with van der Waals surface area (Å²) in [6.45, 7) is 2.47. The summed E-state index contributed by atoms with van der Waals surface area (Å²) in [5.41, 5.74) is 5.65. The number of halogens is 1. The maximum absolute atomic E-state index is 13.3. The average molecular weight is 262 g/mol. The third kappa shape index (κ3) is 3.31. The number of aromatic nitrogens is 2. The molecule has 2 rings (SSSR count). The Morgan fingerprint density at radius 3 is 3.00 bits per heavy atom. The molecule has 6 heteroatoms. The average Bonchev–Trinajstić information content (AvgIpc) is 2.85. The van der Waals surface area contributed by atoms with Crippen LogP contribution in [0.25, 0.3) is 0 Å². The third-order valence-corrected chi connectivity index (χ3v) is 2.68. The van der Waals surface area contributed by atoms with Crippen molar-refractivity contribution in [2.45, 2.75) is 19.5 Å². The molecule has 0 bridgehead atoms. The molecule has 0 spiro atoms. The van der Waals surface area contributed by atoms with Crippen molar-refractivity contribution < 1.29 is 9.18 Å². The van der Waals surface area contributed by atoms with Crippen LogP contribution in [0.2, 0.25) is 0 Å². The number of nitrogens with two attached hydrogens (primary N) is 1. The van der Waals surface area contributed by atoms with Gasteiger partial charge in [0, 0.05) is 30.5 Å². The smallest absolute Gasteiger partial charge is 0.251 e. The van der Waals surface area contributed by atoms with E-state index in [2.05, 4.69) is 10.3 Å². The number of hydrogen-bond donors (Lipinski definition) is 2. The lowest BCUT2D eigenvalue weighted by Gasteiger charge is -2.14. The summed E-state index contributed by atoms with van der Waals surface area (Å²) in [7, 11) is 0. The molecule has 100 valence electrons. The molecule has 0 aliphatic carbocycles. The summed E-state index contributed by atoms with van der Waals surface area (Å²) >= 11 is 0. The first kappa shape index (κ1) is 13.1. The molecular weight excluding hydrogens is 247 g/mol. The van der Waals surface area contributed by atoms with E-state index in [0.29, 0.717) is 6.54 Å². The molecule has 0 radical (unpaired) electrons. The SMILES string of the molecule is CC(Cn1ccnc1)NC(=O)c1ccc(N)c(F)c1. The first-order chi connectivity index (χ1) is 9.06. The normalized spacial score (nSPS) is 12.1. The minimum atomic E-state index is -0.588. The van der Waals surface area contributed by atoms with Crippen molar-refractivity contribution in [2.75, 3.05) is 5.73 Å². The van der Waals surface area contributed by atoms with E-state index in [1.165, 1.54) is 12.1 Å². The number of nitrogens with zero attached hydrogens (tertiary/aromatic N) is 2. The topological polar surface area (TPSA) is 72.9 Å². The fourth-order valence-electron chi connectivity index (χ4n) is 1.73. The number of rotatable bonds is 4. The Morgan fingerprint density at radius 2 is 2.37 bits per heavy atom. The summed E-state index contributed by atoms with van der Waals surface area (Å²) in [6.07, 6.45) is 5.15. The number of nitrogens with one attached hydrogen (secondary N) is 1. The van der Waals surface area contributed by atoms with Gasteiger partial charge < -0.3 is 15.6 Å². The predicted octanol–water partition coefficient (Wildman–Crippen LogP) is 1.42. The van der Waals surface area contributed by atoms with Gasteiger partial charge >= 0.3 is 0 Å². The highest BCUT2D eigenvalue weighted by Crippen LogP contribution is 2.12. The van der Waals surface area contributed by atoms with Crippen molar-refractivity contribution in [1.82, 2.24) is 14.9 Å². The molecule has 5 nitrogen and oxygen atoms in total. The van der Waals surface area contributed by atoms with Crippen molar-refractivity contribution in [1.29, 1.82) is 0 Å². The van der Waals surface area contributed by atoms with Gasteiger partial charge in [0.1, 0.15) is 5.82 Å².